The number of aromatic nitrogens is 1. The maximum Gasteiger partial charge on any atom is 0.261 e. The van der Waals surface area contributed by atoms with E-state index >= 15 is 0 Å². The smallest absolute Gasteiger partial charge is 0.261 e. The Kier molecular flexibility index (Phi) is 2.38. The second-order valence-corrected chi connectivity index (χ2v) is 2.91. The van der Waals surface area contributed by atoms with E-state index in [9.17, 15) is 9.59 Å². The number of nitrogens with two attached hydrogens (primary N) is 1. The van der Waals surface area contributed by atoms with Crippen LogP contribution in [0, 0.1) is 18.3 Å². The number of ketones is 1. The third kappa shape index (κ3) is 1.38. The van der Waals surface area contributed by atoms with Gasteiger partial charge in [-0.1, -0.05) is 0 Å². The van der Waals surface area contributed by atoms with Gasteiger partial charge in [0, 0.05) is 5.69 Å². The zero-order valence-electron chi connectivity index (χ0n) is 7.84. The number of aryl methyl sites for hydroxylation is 1. The molecule has 5 heteroatoms. The van der Waals surface area contributed by atoms with E-state index in [-0.39, 0.29) is 16.8 Å². The van der Waals surface area contributed by atoms with Gasteiger partial charge in [0.2, 0.25) is 0 Å². The molecule has 1 aromatic heterocycles. The Labute approximate surface area is 80.2 Å². The molecule has 3 N–H and O–H groups in total. The highest BCUT2D eigenvalue weighted by Gasteiger charge is 2.15. The molecule has 0 saturated heterocycles. The first kappa shape index (κ1) is 9.99. The van der Waals surface area contributed by atoms with Crippen LogP contribution in [0.2, 0.25) is 0 Å². The number of anilines is 1. The standard InChI is InChI=1S/C9H9N3O2/c1-4-6(3-10)8(11)7(5(2)13)9(14)12-4/h1-2H3,(H3,11,12,14). The number of nitrogen functional groups attached to an aromatic ring is 1. The summed E-state index contributed by atoms with van der Waals surface area (Å²) in [6.07, 6.45) is 0. The first-order valence-corrected chi connectivity index (χ1v) is 3.92. The molecule has 0 unspecified atom stereocenters. The summed E-state index contributed by atoms with van der Waals surface area (Å²) in [6.45, 7) is 2.79. The van der Waals surface area contributed by atoms with Crippen molar-refractivity contribution in [3.05, 3.63) is 27.2 Å². The molecule has 0 spiro atoms. The zero-order valence-corrected chi connectivity index (χ0v) is 7.84. The van der Waals surface area contributed by atoms with Gasteiger partial charge in [0.15, 0.2) is 5.78 Å². The minimum atomic E-state index is -0.550. The largest absolute Gasteiger partial charge is 0.397 e. The summed E-state index contributed by atoms with van der Waals surface area (Å²) in [4.78, 5) is 24.8. The van der Waals surface area contributed by atoms with E-state index in [1.54, 1.807) is 6.92 Å². The minimum absolute atomic E-state index is 0.0405. The number of nitrogens with zero attached hydrogens (tertiary/aromatic N) is 1. The van der Waals surface area contributed by atoms with Crippen LogP contribution in [-0.4, -0.2) is 10.8 Å². The molecule has 1 aromatic rings. The number of nitriles is 1. The van der Waals surface area contributed by atoms with Crippen molar-refractivity contribution in [3.63, 3.8) is 0 Å². The Morgan fingerprint density at radius 2 is 2.14 bits per heavy atom. The second kappa shape index (κ2) is 3.34. The summed E-state index contributed by atoms with van der Waals surface area (Å²) < 4.78 is 0. The van der Waals surface area contributed by atoms with E-state index in [0.717, 1.165) is 0 Å². The molecule has 14 heavy (non-hydrogen) atoms. The van der Waals surface area contributed by atoms with E-state index in [4.69, 9.17) is 11.0 Å². The monoisotopic (exact) mass is 191 g/mol. The number of pyridine rings is 1. The molecule has 0 saturated carbocycles. The number of nitrogens with one attached hydrogen (secondary N) is 1. The number of aromatic amines is 1. The number of H-pyrrole nitrogens is 1. The van der Waals surface area contributed by atoms with Crippen molar-refractivity contribution in [3.8, 4) is 6.07 Å². The molecule has 0 amide bonds. The van der Waals surface area contributed by atoms with Crippen molar-refractivity contribution in [2.24, 2.45) is 0 Å². The molecule has 0 radical (unpaired) electrons. The van der Waals surface area contributed by atoms with Gasteiger partial charge in [-0.25, -0.2) is 0 Å². The average Bonchev–Trinajstić information content (AvgIpc) is 2.02. The van der Waals surface area contributed by atoms with Crippen LogP contribution >= 0.6 is 0 Å². The Balaban J connectivity index is 3.72. The maximum absolute atomic E-state index is 11.3. The quantitative estimate of drug-likeness (QED) is 0.625. The van der Waals surface area contributed by atoms with Crippen molar-refractivity contribution < 1.29 is 4.79 Å². The third-order valence-electron chi connectivity index (χ3n) is 1.91. The van der Waals surface area contributed by atoms with Gasteiger partial charge in [-0.2, -0.15) is 5.26 Å². The van der Waals surface area contributed by atoms with Gasteiger partial charge in [-0.05, 0) is 13.8 Å². The van der Waals surface area contributed by atoms with Crippen molar-refractivity contribution in [1.82, 2.24) is 4.98 Å². The molecular formula is C9H9N3O2. The normalized spacial score (nSPS) is 9.50. The predicted molar refractivity (Wildman–Crippen MR) is 50.9 cm³/mol. The van der Waals surface area contributed by atoms with Crippen LogP contribution in [0.25, 0.3) is 0 Å². The van der Waals surface area contributed by atoms with Crippen molar-refractivity contribution >= 4 is 11.5 Å². The van der Waals surface area contributed by atoms with E-state index in [0.29, 0.717) is 5.69 Å². The van der Waals surface area contributed by atoms with Gasteiger partial charge >= 0.3 is 0 Å². The van der Waals surface area contributed by atoms with Gasteiger partial charge in [-0.15, -0.1) is 0 Å². The van der Waals surface area contributed by atoms with Gasteiger partial charge < -0.3 is 10.7 Å². The fourth-order valence-corrected chi connectivity index (χ4v) is 1.24. The summed E-state index contributed by atoms with van der Waals surface area (Å²) in [6, 6.07) is 1.84. The SMILES string of the molecule is CC(=O)c1c(N)c(C#N)c(C)[nH]c1=O. The highest BCUT2D eigenvalue weighted by Crippen LogP contribution is 2.15. The lowest BCUT2D eigenvalue weighted by molar-refractivity contribution is 0.101. The number of carbonyl (C=O) groups excluding carboxylic acids is 1. The van der Waals surface area contributed by atoms with Crippen molar-refractivity contribution in [2.75, 3.05) is 5.73 Å². The molecule has 1 heterocycles. The van der Waals surface area contributed by atoms with Crippen LogP contribution in [0.3, 0.4) is 0 Å². The summed E-state index contributed by atoms with van der Waals surface area (Å²) >= 11 is 0. The molecule has 0 fully saturated rings. The predicted octanol–water partition coefficient (Wildman–Crippen LogP) is 0.340. The van der Waals surface area contributed by atoms with Crippen LogP contribution in [0.15, 0.2) is 4.79 Å². The molecule has 5 nitrogen and oxygen atoms in total. The van der Waals surface area contributed by atoms with E-state index in [2.05, 4.69) is 4.98 Å². The minimum Gasteiger partial charge on any atom is -0.397 e. The Hall–Kier alpha value is -2.09. The highest BCUT2D eigenvalue weighted by molar-refractivity contribution is 5.99. The second-order valence-electron chi connectivity index (χ2n) is 2.91. The molecule has 0 aromatic carbocycles. The first-order chi connectivity index (χ1) is 6.49. The summed E-state index contributed by atoms with van der Waals surface area (Å²) in [7, 11) is 0. The van der Waals surface area contributed by atoms with E-state index in [1.165, 1.54) is 6.92 Å². The molecule has 0 atom stereocenters. The number of carbonyl (C=O) groups is 1. The molecule has 0 aliphatic carbocycles. The van der Waals surface area contributed by atoms with Crippen LogP contribution in [0.1, 0.15) is 28.5 Å². The summed E-state index contributed by atoms with van der Waals surface area (Å²) in [5.41, 5.74) is 5.32. The fraction of sp³-hybridized carbons (Fsp3) is 0.222. The number of hydrogen-bond donors (Lipinski definition) is 2. The van der Waals surface area contributed by atoms with Crippen molar-refractivity contribution in [2.45, 2.75) is 13.8 Å². The molecule has 0 aliphatic heterocycles. The third-order valence-corrected chi connectivity index (χ3v) is 1.91. The lowest BCUT2D eigenvalue weighted by Crippen LogP contribution is -2.21. The Morgan fingerprint density at radius 1 is 1.57 bits per heavy atom. The van der Waals surface area contributed by atoms with Crippen LogP contribution in [0.4, 0.5) is 5.69 Å². The fourth-order valence-electron chi connectivity index (χ4n) is 1.24. The lowest BCUT2D eigenvalue weighted by atomic mass is 10.1. The van der Waals surface area contributed by atoms with Crippen LogP contribution in [0.5, 0.6) is 0 Å². The molecule has 0 bridgehead atoms. The van der Waals surface area contributed by atoms with Crippen LogP contribution < -0.4 is 11.3 Å². The molecule has 72 valence electrons. The first-order valence-electron chi connectivity index (χ1n) is 3.92. The summed E-state index contributed by atoms with van der Waals surface area (Å²) in [5.74, 6) is -0.444. The number of hydrogen-bond acceptors (Lipinski definition) is 4. The Morgan fingerprint density at radius 3 is 2.57 bits per heavy atom. The lowest BCUT2D eigenvalue weighted by Gasteiger charge is -2.05. The van der Waals surface area contributed by atoms with Gasteiger partial charge in [0.05, 0.1) is 11.3 Å². The van der Waals surface area contributed by atoms with Gasteiger partial charge in [0.1, 0.15) is 11.6 Å². The van der Waals surface area contributed by atoms with E-state index < -0.39 is 11.3 Å². The van der Waals surface area contributed by atoms with Gasteiger partial charge in [-0.3, -0.25) is 9.59 Å². The van der Waals surface area contributed by atoms with Crippen molar-refractivity contribution in [1.29, 1.82) is 5.26 Å². The average molecular weight is 191 g/mol. The maximum atomic E-state index is 11.3. The Bertz CT molecular complexity index is 494. The topological polar surface area (TPSA) is 99.7 Å². The molecule has 0 aliphatic rings. The van der Waals surface area contributed by atoms with E-state index in [1.807, 2.05) is 6.07 Å². The highest BCUT2D eigenvalue weighted by atomic mass is 16.1. The van der Waals surface area contributed by atoms with Crippen LogP contribution in [-0.2, 0) is 0 Å². The van der Waals surface area contributed by atoms with Gasteiger partial charge in [0.25, 0.3) is 5.56 Å². The number of rotatable bonds is 1. The molecule has 1 rings (SSSR count). The zero-order chi connectivity index (χ0) is 10.9. The molecular weight excluding hydrogens is 182 g/mol. The summed E-state index contributed by atoms with van der Waals surface area (Å²) in [5, 5.41) is 8.73. The number of Topliss-reactive ketones (excluding diaryl/α,β-unsaturated/α-hetero) is 1.